The lowest BCUT2D eigenvalue weighted by Crippen LogP contribution is -2.41. The van der Waals surface area contributed by atoms with Crippen molar-refractivity contribution in [2.24, 2.45) is 18.9 Å². The van der Waals surface area contributed by atoms with Gasteiger partial charge in [-0.15, -0.1) is 0 Å². The van der Waals surface area contributed by atoms with Crippen LogP contribution in [-0.4, -0.2) is 55.6 Å². The third-order valence-corrected chi connectivity index (χ3v) is 5.54. The van der Waals surface area contributed by atoms with E-state index in [0.29, 0.717) is 43.5 Å². The number of hydrogen-bond acceptors (Lipinski definition) is 5. The van der Waals surface area contributed by atoms with Gasteiger partial charge in [0.15, 0.2) is 0 Å². The molecule has 142 valence electrons. The van der Waals surface area contributed by atoms with Gasteiger partial charge < -0.3 is 10.2 Å². The van der Waals surface area contributed by atoms with E-state index in [9.17, 15) is 9.59 Å². The summed E-state index contributed by atoms with van der Waals surface area (Å²) in [6.07, 6.45) is 9.76. The lowest BCUT2D eigenvalue weighted by molar-refractivity contribution is -0.122. The number of likely N-dealkylation sites (tertiary alicyclic amines) is 1. The highest BCUT2D eigenvalue weighted by Gasteiger charge is 2.44. The van der Waals surface area contributed by atoms with Gasteiger partial charge >= 0.3 is 0 Å². The summed E-state index contributed by atoms with van der Waals surface area (Å²) in [5.41, 5.74) is 1.39. The number of nitrogens with zero attached hydrogens (tertiary/aromatic N) is 5. The number of hydrogen-bond donors (Lipinski definition) is 1. The summed E-state index contributed by atoms with van der Waals surface area (Å²) in [4.78, 5) is 35.1. The zero-order chi connectivity index (χ0) is 18.8. The Morgan fingerprint density at radius 2 is 2.07 bits per heavy atom. The SMILES string of the molecule is Cn1nccc1CCC(=O)N[C@H]1CN(C(=O)c2cnccn2)C[C@@H]1C1CC1. The first-order valence-corrected chi connectivity index (χ1v) is 9.43. The van der Waals surface area contributed by atoms with Gasteiger partial charge in [0.25, 0.3) is 5.91 Å². The average molecular weight is 368 g/mol. The molecule has 0 unspecified atom stereocenters. The standard InChI is InChI=1S/C19H24N6O2/c1-24-14(6-7-22-24)4-5-18(26)23-17-12-25(11-15(17)13-2-3-13)19(27)16-10-20-8-9-21-16/h6-10,13,15,17H,2-5,11-12H2,1H3,(H,23,26)/t15-,17+/m1/s1. The van der Waals surface area contributed by atoms with Gasteiger partial charge in [-0.2, -0.15) is 5.10 Å². The number of nitrogens with one attached hydrogen (secondary N) is 1. The zero-order valence-electron chi connectivity index (χ0n) is 15.4. The van der Waals surface area contributed by atoms with E-state index in [4.69, 9.17) is 0 Å². The molecule has 1 aliphatic heterocycles. The molecule has 2 fully saturated rings. The summed E-state index contributed by atoms with van der Waals surface area (Å²) < 4.78 is 1.79. The van der Waals surface area contributed by atoms with E-state index < -0.39 is 0 Å². The Morgan fingerprint density at radius 3 is 2.74 bits per heavy atom. The maximum atomic E-state index is 12.7. The van der Waals surface area contributed by atoms with E-state index in [0.717, 1.165) is 5.69 Å². The van der Waals surface area contributed by atoms with Crippen molar-refractivity contribution >= 4 is 11.8 Å². The van der Waals surface area contributed by atoms with Crippen molar-refractivity contribution in [2.45, 2.75) is 31.7 Å². The highest BCUT2D eigenvalue weighted by atomic mass is 16.2. The zero-order valence-corrected chi connectivity index (χ0v) is 15.4. The molecule has 0 radical (unpaired) electrons. The molecule has 0 bridgehead atoms. The van der Waals surface area contributed by atoms with Gasteiger partial charge in [0.05, 0.1) is 12.2 Å². The number of carbonyl (C=O) groups is 2. The largest absolute Gasteiger partial charge is 0.351 e. The van der Waals surface area contributed by atoms with Crippen LogP contribution < -0.4 is 5.32 Å². The Labute approximate surface area is 158 Å². The predicted molar refractivity (Wildman–Crippen MR) is 97.6 cm³/mol. The summed E-state index contributed by atoms with van der Waals surface area (Å²) in [6, 6.07) is 1.94. The second kappa shape index (κ2) is 7.46. The molecule has 0 spiro atoms. The number of aromatic nitrogens is 4. The Bertz CT molecular complexity index is 817. The van der Waals surface area contributed by atoms with E-state index in [-0.39, 0.29) is 17.9 Å². The van der Waals surface area contributed by atoms with Crippen LogP contribution in [0.25, 0.3) is 0 Å². The van der Waals surface area contributed by atoms with E-state index in [1.165, 1.54) is 25.2 Å². The van der Waals surface area contributed by atoms with Crippen LogP contribution >= 0.6 is 0 Å². The minimum Gasteiger partial charge on any atom is -0.351 e. The molecule has 8 heteroatoms. The topological polar surface area (TPSA) is 93.0 Å². The van der Waals surface area contributed by atoms with Gasteiger partial charge in [0.2, 0.25) is 5.91 Å². The first-order chi connectivity index (χ1) is 13.1. The lowest BCUT2D eigenvalue weighted by Gasteiger charge is -2.19. The molecule has 2 aliphatic rings. The molecule has 2 aromatic heterocycles. The number of rotatable bonds is 6. The Hall–Kier alpha value is -2.77. The fourth-order valence-corrected chi connectivity index (χ4v) is 3.89. The van der Waals surface area contributed by atoms with E-state index in [1.54, 1.807) is 22.0 Å². The summed E-state index contributed by atoms with van der Waals surface area (Å²) >= 11 is 0. The minimum absolute atomic E-state index is 0.0113. The van der Waals surface area contributed by atoms with Gasteiger partial charge in [-0.25, -0.2) is 4.98 Å². The first-order valence-electron chi connectivity index (χ1n) is 9.43. The lowest BCUT2D eigenvalue weighted by atomic mass is 9.98. The van der Waals surface area contributed by atoms with E-state index in [1.807, 2.05) is 13.1 Å². The van der Waals surface area contributed by atoms with Gasteiger partial charge in [0.1, 0.15) is 5.69 Å². The van der Waals surface area contributed by atoms with Gasteiger partial charge in [-0.1, -0.05) is 0 Å². The molecule has 2 amide bonds. The Kier molecular flexibility index (Phi) is 4.87. The van der Waals surface area contributed by atoms with Crippen LogP contribution in [0.5, 0.6) is 0 Å². The van der Waals surface area contributed by atoms with E-state index in [2.05, 4.69) is 20.4 Å². The molecule has 27 heavy (non-hydrogen) atoms. The average Bonchev–Trinajstić information content (AvgIpc) is 3.32. The molecule has 3 heterocycles. The van der Waals surface area contributed by atoms with Gasteiger partial charge in [-0.05, 0) is 31.2 Å². The number of amides is 2. The maximum Gasteiger partial charge on any atom is 0.274 e. The summed E-state index contributed by atoms with van der Waals surface area (Å²) in [6.45, 7) is 1.21. The van der Waals surface area contributed by atoms with Crippen molar-refractivity contribution in [3.8, 4) is 0 Å². The fraction of sp³-hybridized carbons (Fsp3) is 0.526. The monoisotopic (exact) mass is 368 g/mol. The van der Waals surface area contributed by atoms with Crippen molar-refractivity contribution in [2.75, 3.05) is 13.1 Å². The molecule has 1 aliphatic carbocycles. The fourth-order valence-electron chi connectivity index (χ4n) is 3.89. The highest BCUT2D eigenvalue weighted by Crippen LogP contribution is 2.41. The maximum absolute atomic E-state index is 12.7. The Morgan fingerprint density at radius 1 is 1.22 bits per heavy atom. The molecule has 0 aromatic carbocycles. The first kappa shape index (κ1) is 17.6. The molecular weight excluding hydrogens is 344 g/mol. The highest BCUT2D eigenvalue weighted by molar-refractivity contribution is 5.92. The second-order valence-electron chi connectivity index (χ2n) is 7.42. The predicted octanol–water partition coefficient (Wildman–Crippen LogP) is 0.810. The van der Waals surface area contributed by atoms with Gasteiger partial charge in [-0.3, -0.25) is 19.3 Å². The normalized spacial score (nSPS) is 22.0. The van der Waals surface area contributed by atoms with Crippen molar-refractivity contribution < 1.29 is 9.59 Å². The van der Waals surface area contributed by atoms with Gasteiger partial charge in [0, 0.05) is 56.8 Å². The van der Waals surface area contributed by atoms with Crippen LogP contribution in [0.4, 0.5) is 0 Å². The third-order valence-electron chi connectivity index (χ3n) is 5.54. The molecule has 2 aromatic rings. The minimum atomic E-state index is -0.111. The van der Waals surface area contributed by atoms with Crippen LogP contribution in [0.2, 0.25) is 0 Å². The molecule has 8 nitrogen and oxygen atoms in total. The van der Waals surface area contributed by atoms with Crippen LogP contribution in [0.1, 0.15) is 35.4 Å². The van der Waals surface area contributed by atoms with Crippen LogP contribution in [0, 0.1) is 11.8 Å². The summed E-state index contributed by atoms with van der Waals surface area (Å²) in [5, 5.41) is 7.30. The van der Waals surface area contributed by atoms with E-state index >= 15 is 0 Å². The quantitative estimate of drug-likeness (QED) is 0.814. The van der Waals surface area contributed by atoms with Crippen LogP contribution in [-0.2, 0) is 18.3 Å². The number of aryl methyl sites for hydroxylation is 2. The van der Waals surface area contributed by atoms with Crippen LogP contribution in [0.15, 0.2) is 30.9 Å². The van der Waals surface area contributed by atoms with Crippen molar-refractivity contribution in [3.63, 3.8) is 0 Å². The van der Waals surface area contributed by atoms with Crippen molar-refractivity contribution in [3.05, 3.63) is 42.2 Å². The molecule has 2 atom stereocenters. The molecular formula is C19H24N6O2. The molecule has 1 saturated carbocycles. The molecule has 1 saturated heterocycles. The third kappa shape index (κ3) is 3.99. The smallest absolute Gasteiger partial charge is 0.274 e. The second-order valence-corrected chi connectivity index (χ2v) is 7.42. The molecule has 1 N–H and O–H groups in total. The summed E-state index contributed by atoms with van der Waals surface area (Å²) in [7, 11) is 1.88. The van der Waals surface area contributed by atoms with Crippen molar-refractivity contribution in [1.29, 1.82) is 0 Å². The van der Waals surface area contributed by atoms with Crippen molar-refractivity contribution in [1.82, 2.24) is 30.0 Å². The molecule has 4 rings (SSSR count). The summed E-state index contributed by atoms with van der Waals surface area (Å²) in [5.74, 6) is 0.847. The Balaban J connectivity index is 1.37. The van der Waals surface area contributed by atoms with Crippen LogP contribution in [0.3, 0.4) is 0 Å². The number of carbonyl (C=O) groups excluding carboxylic acids is 2.